The molecule has 3 aliphatic rings. The molecular weight excluding hydrogens is 198 g/mol. The zero-order valence-electron chi connectivity index (χ0n) is 10.3. The highest BCUT2D eigenvalue weighted by Crippen LogP contribution is 2.45. The van der Waals surface area contributed by atoms with Crippen LogP contribution in [0, 0.1) is 5.92 Å². The molecule has 1 saturated heterocycles. The third-order valence-electron chi connectivity index (χ3n) is 4.66. The molecule has 1 N–H and O–H groups in total. The minimum atomic E-state index is 0.354. The minimum absolute atomic E-state index is 0.354. The molecule has 3 fully saturated rings. The van der Waals surface area contributed by atoms with Crippen molar-refractivity contribution in [2.75, 3.05) is 13.2 Å². The van der Waals surface area contributed by atoms with E-state index in [2.05, 4.69) is 5.32 Å². The summed E-state index contributed by atoms with van der Waals surface area (Å²) in [5.41, 5.74) is 0.354. The van der Waals surface area contributed by atoms with Gasteiger partial charge in [0.05, 0.1) is 5.60 Å². The quantitative estimate of drug-likeness (QED) is 0.724. The van der Waals surface area contributed by atoms with E-state index in [1.807, 2.05) is 0 Å². The van der Waals surface area contributed by atoms with Crippen LogP contribution in [0.5, 0.6) is 0 Å². The van der Waals surface area contributed by atoms with Gasteiger partial charge in [0, 0.05) is 12.6 Å². The largest absolute Gasteiger partial charge is 0.375 e. The summed E-state index contributed by atoms with van der Waals surface area (Å²) in [5, 5.41) is 3.61. The standard InChI is InChI=1S/C14H25NO/c1(9-15-13-4-5-13)3-12-6-10-16-14(11-12)7-2-8-14/h12-13,15H,1-11H2. The van der Waals surface area contributed by atoms with Gasteiger partial charge in [0.1, 0.15) is 0 Å². The Hall–Kier alpha value is -0.0800. The van der Waals surface area contributed by atoms with Crippen LogP contribution in [0.3, 0.4) is 0 Å². The molecule has 1 spiro atoms. The van der Waals surface area contributed by atoms with E-state index in [9.17, 15) is 0 Å². The van der Waals surface area contributed by atoms with Crippen LogP contribution < -0.4 is 5.32 Å². The van der Waals surface area contributed by atoms with Gasteiger partial charge in [0.2, 0.25) is 0 Å². The fourth-order valence-corrected chi connectivity index (χ4v) is 3.28. The van der Waals surface area contributed by atoms with Gasteiger partial charge in [-0.25, -0.2) is 0 Å². The van der Waals surface area contributed by atoms with E-state index in [1.54, 1.807) is 0 Å². The number of nitrogens with one attached hydrogen (secondary N) is 1. The Balaban J connectivity index is 1.34. The number of hydrogen-bond donors (Lipinski definition) is 1. The second-order valence-corrected chi connectivity index (χ2v) is 6.11. The zero-order valence-corrected chi connectivity index (χ0v) is 10.3. The molecule has 92 valence electrons. The summed E-state index contributed by atoms with van der Waals surface area (Å²) >= 11 is 0. The van der Waals surface area contributed by atoms with E-state index in [0.29, 0.717) is 5.60 Å². The van der Waals surface area contributed by atoms with Crippen molar-refractivity contribution < 1.29 is 4.74 Å². The molecule has 0 radical (unpaired) electrons. The first-order valence-corrected chi connectivity index (χ1v) is 7.24. The molecule has 3 rings (SSSR count). The third kappa shape index (κ3) is 2.60. The maximum Gasteiger partial charge on any atom is 0.0685 e. The van der Waals surface area contributed by atoms with Gasteiger partial charge >= 0.3 is 0 Å². The lowest BCUT2D eigenvalue weighted by Crippen LogP contribution is -2.45. The summed E-state index contributed by atoms with van der Waals surface area (Å²) in [4.78, 5) is 0. The zero-order chi connectivity index (χ0) is 10.8. The molecule has 1 atom stereocenters. The third-order valence-corrected chi connectivity index (χ3v) is 4.66. The highest BCUT2D eigenvalue weighted by atomic mass is 16.5. The van der Waals surface area contributed by atoms with E-state index in [4.69, 9.17) is 4.74 Å². The average molecular weight is 223 g/mol. The Morgan fingerprint density at radius 3 is 2.75 bits per heavy atom. The molecule has 1 heterocycles. The molecule has 1 aliphatic heterocycles. The Kier molecular flexibility index (Phi) is 3.21. The van der Waals surface area contributed by atoms with Crippen LogP contribution >= 0.6 is 0 Å². The van der Waals surface area contributed by atoms with E-state index >= 15 is 0 Å². The number of rotatable bonds is 5. The second-order valence-electron chi connectivity index (χ2n) is 6.11. The molecule has 2 saturated carbocycles. The van der Waals surface area contributed by atoms with Crippen molar-refractivity contribution in [2.45, 2.75) is 69.4 Å². The van der Waals surface area contributed by atoms with E-state index in [1.165, 1.54) is 64.3 Å². The molecule has 0 aromatic carbocycles. The Morgan fingerprint density at radius 2 is 2.06 bits per heavy atom. The lowest BCUT2D eigenvalue weighted by Gasteiger charge is -2.47. The van der Waals surface area contributed by atoms with Crippen molar-refractivity contribution >= 4 is 0 Å². The van der Waals surface area contributed by atoms with Crippen molar-refractivity contribution in [3.05, 3.63) is 0 Å². The number of hydrogen-bond acceptors (Lipinski definition) is 2. The summed E-state index contributed by atoms with van der Waals surface area (Å²) in [5.74, 6) is 0.954. The smallest absolute Gasteiger partial charge is 0.0685 e. The monoisotopic (exact) mass is 223 g/mol. The van der Waals surface area contributed by atoms with Crippen LogP contribution in [0.1, 0.15) is 57.8 Å². The number of ether oxygens (including phenoxy) is 1. The van der Waals surface area contributed by atoms with Gasteiger partial charge in [0.15, 0.2) is 0 Å². The van der Waals surface area contributed by atoms with Crippen molar-refractivity contribution in [3.63, 3.8) is 0 Å². The van der Waals surface area contributed by atoms with Gasteiger partial charge in [-0.1, -0.05) is 0 Å². The van der Waals surface area contributed by atoms with Gasteiger partial charge in [-0.2, -0.15) is 0 Å². The fourth-order valence-electron chi connectivity index (χ4n) is 3.28. The molecule has 0 amide bonds. The lowest BCUT2D eigenvalue weighted by atomic mass is 9.71. The van der Waals surface area contributed by atoms with Crippen molar-refractivity contribution in [1.29, 1.82) is 0 Å². The highest BCUT2D eigenvalue weighted by molar-refractivity contribution is 4.94. The fraction of sp³-hybridized carbons (Fsp3) is 1.00. The molecule has 2 heteroatoms. The summed E-state index contributed by atoms with van der Waals surface area (Å²) in [7, 11) is 0. The molecule has 2 aliphatic carbocycles. The Bertz CT molecular complexity index is 233. The van der Waals surface area contributed by atoms with Crippen LogP contribution in [0.2, 0.25) is 0 Å². The topological polar surface area (TPSA) is 21.3 Å². The van der Waals surface area contributed by atoms with Crippen LogP contribution in [0.25, 0.3) is 0 Å². The summed E-state index contributed by atoms with van der Waals surface area (Å²) < 4.78 is 5.97. The van der Waals surface area contributed by atoms with Gasteiger partial charge in [-0.15, -0.1) is 0 Å². The van der Waals surface area contributed by atoms with Crippen LogP contribution in [0.15, 0.2) is 0 Å². The SMILES string of the molecule is C(CNC1CC1)CC1CCOC2(CCC2)C1. The lowest BCUT2D eigenvalue weighted by molar-refractivity contribution is -0.144. The second kappa shape index (κ2) is 4.66. The molecule has 2 nitrogen and oxygen atoms in total. The summed E-state index contributed by atoms with van der Waals surface area (Å²) in [6.45, 7) is 2.27. The van der Waals surface area contributed by atoms with E-state index in [0.717, 1.165) is 18.6 Å². The Labute approximate surface area is 99.1 Å². The van der Waals surface area contributed by atoms with Crippen molar-refractivity contribution in [1.82, 2.24) is 5.32 Å². The Morgan fingerprint density at radius 1 is 1.19 bits per heavy atom. The molecule has 16 heavy (non-hydrogen) atoms. The predicted molar refractivity (Wildman–Crippen MR) is 65.5 cm³/mol. The van der Waals surface area contributed by atoms with Gasteiger partial charge in [0.25, 0.3) is 0 Å². The van der Waals surface area contributed by atoms with Crippen molar-refractivity contribution in [3.8, 4) is 0 Å². The first-order chi connectivity index (χ1) is 7.86. The first-order valence-electron chi connectivity index (χ1n) is 7.24. The molecule has 0 bridgehead atoms. The predicted octanol–water partition coefficient (Wildman–Crippen LogP) is 2.87. The van der Waals surface area contributed by atoms with Gasteiger partial charge in [-0.3, -0.25) is 0 Å². The normalized spacial score (nSPS) is 32.6. The molecular formula is C14H25NO. The molecule has 1 unspecified atom stereocenters. The summed E-state index contributed by atoms with van der Waals surface area (Å²) in [6, 6.07) is 0.882. The van der Waals surface area contributed by atoms with Crippen LogP contribution in [-0.2, 0) is 4.74 Å². The van der Waals surface area contributed by atoms with Gasteiger partial charge in [-0.05, 0) is 70.3 Å². The maximum absolute atomic E-state index is 5.97. The average Bonchev–Trinajstić information content (AvgIpc) is 3.07. The van der Waals surface area contributed by atoms with Crippen LogP contribution in [-0.4, -0.2) is 24.8 Å². The summed E-state index contributed by atoms with van der Waals surface area (Å²) in [6.07, 6.45) is 12.4. The minimum Gasteiger partial charge on any atom is -0.375 e. The molecule has 0 aromatic rings. The van der Waals surface area contributed by atoms with E-state index < -0.39 is 0 Å². The van der Waals surface area contributed by atoms with E-state index in [-0.39, 0.29) is 0 Å². The first kappa shape index (κ1) is 11.0. The molecule has 0 aromatic heterocycles. The van der Waals surface area contributed by atoms with Crippen molar-refractivity contribution in [2.24, 2.45) is 5.92 Å². The maximum atomic E-state index is 5.97. The highest BCUT2D eigenvalue weighted by Gasteiger charge is 2.42. The van der Waals surface area contributed by atoms with Gasteiger partial charge < -0.3 is 10.1 Å². The van der Waals surface area contributed by atoms with Crippen LogP contribution in [0.4, 0.5) is 0 Å².